The molecule has 2 atom stereocenters. The zero-order chi connectivity index (χ0) is 29.1. The summed E-state index contributed by atoms with van der Waals surface area (Å²) in [6.45, 7) is 4.14. The summed E-state index contributed by atoms with van der Waals surface area (Å²) < 4.78 is 19.8. The Morgan fingerprint density at radius 3 is 2.29 bits per heavy atom. The highest BCUT2D eigenvalue weighted by atomic mass is 35.5. The number of likely N-dealkylation sites (N-methyl/N-ethyl adjacent to an activating group) is 1. The lowest BCUT2D eigenvalue weighted by atomic mass is 9.84. The van der Waals surface area contributed by atoms with E-state index in [9.17, 15) is 14.0 Å². The van der Waals surface area contributed by atoms with Crippen LogP contribution in [-0.4, -0.2) is 18.9 Å². The molecule has 210 valence electrons. The molecule has 1 aliphatic rings. The lowest BCUT2D eigenvalue weighted by Crippen LogP contribution is -2.45. The van der Waals surface area contributed by atoms with Crippen molar-refractivity contribution in [1.29, 1.82) is 0 Å². The Kier molecular flexibility index (Phi) is 8.13. The van der Waals surface area contributed by atoms with Crippen LogP contribution in [0.2, 0.25) is 5.02 Å². The normalized spacial score (nSPS) is 16.0. The molecule has 0 fully saturated rings. The molecule has 5 nitrogen and oxygen atoms in total. The molecule has 0 aliphatic carbocycles. The van der Waals surface area contributed by atoms with E-state index in [0.29, 0.717) is 33.0 Å². The van der Waals surface area contributed by atoms with Crippen LogP contribution in [0.3, 0.4) is 0 Å². The van der Waals surface area contributed by atoms with Gasteiger partial charge in [-0.25, -0.2) is 4.39 Å². The molecule has 41 heavy (non-hydrogen) atoms. The molecule has 0 bridgehead atoms. The first-order valence-electron chi connectivity index (χ1n) is 13.8. The van der Waals surface area contributed by atoms with Crippen LogP contribution in [-0.2, 0) is 10.3 Å². The van der Waals surface area contributed by atoms with Crippen LogP contribution < -0.4 is 15.4 Å². The van der Waals surface area contributed by atoms with Crippen molar-refractivity contribution in [1.82, 2.24) is 10.6 Å². The van der Waals surface area contributed by atoms with E-state index in [2.05, 4.69) is 24.5 Å². The van der Waals surface area contributed by atoms with Crippen molar-refractivity contribution in [2.24, 2.45) is 0 Å². The predicted molar refractivity (Wildman–Crippen MR) is 160 cm³/mol. The van der Waals surface area contributed by atoms with Crippen molar-refractivity contribution in [2.75, 3.05) is 7.05 Å². The van der Waals surface area contributed by atoms with Gasteiger partial charge in [-0.1, -0.05) is 74.0 Å². The fourth-order valence-electron chi connectivity index (χ4n) is 5.62. The molecule has 0 aromatic heterocycles. The van der Waals surface area contributed by atoms with Crippen LogP contribution in [0.5, 0.6) is 5.75 Å². The molecule has 7 heteroatoms. The molecule has 2 amide bonds. The lowest BCUT2D eigenvalue weighted by molar-refractivity contribution is -0.123. The molecule has 0 saturated heterocycles. The van der Waals surface area contributed by atoms with Crippen molar-refractivity contribution in [3.8, 4) is 16.9 Å². The molecular formula is C34H32ClFN2O3. The fraction of sp³-hybridized carbons (Fsp3) is 0.235. The average Bonchev–Trinajstić information content (AvgIpc) is 3.39. The summed E-state index contributed by atoms with van der Waals surface area (Å²) in [5, 5.41) is 6.48. The number of ether oxygens (including phenoxy) is 1. The second-order valence-electron chi connectivity index (χ2n) is 10.2. The number of carbonyl (C=O) groups excluding carboxylic acids is 2. The molecular weight excluding hydrogens is 539 g/mol. The van der Waals surface area contributed by atoms with Crippen LogP contribution in [0.15, 0.2) is 91.0 Å². The Morgan fingerprint density at radius 2 is 1.63 bits per heavy atom. The minimum absolute atomic E-state index is 0.195. The highest BCUT2D eigenvalue weighted by Gasteiger charge is 2.40. The molecule has 0 radical (unpaired) electrons. The molecule has 1 aliphatic heterocycles. The number of hydrogen-bond acceptors (Lipinski definition) is 3. The van der Waals surface area contributed by atoms with Crippen molar-refractivity contribution in [3.05, 3.63) is 124 Å². The largest absolute Gasteiger partial charge is 0.484 e. The summed E-state index contributed by atoms with van der Waals surface area (Å²) in [6.07, 6.45) is 0.865. The van der Waals surface area contributed by atoms with Crippen LogP contribution in [0.25, 0.3) is 11.1 Å². The van der Waals surface area contributed by atoms with Crippen LogP contribution >= 0.6 is 11.6 Å². The number of fused-ring (bicyclic) bond motifs is 1. The Morgan fingerprint density at radius 1 is 0.927 bits per heavy atom. The van der Waals surface area contributed by atoms with Crippen molar-refractivity contribution < 1.29 is 18.7 Å². The third-order valence-electron chi connectivity index (χ3n) is 8.05. The average molecular weight is 571 g/mol. The van der Waals surface area contributed by atoms with E-state index in [4.69, 9.17) is 16.3 Å². The first kappa shape index (κ1) is 28.4. The third-order valence-corrected chi connectivity index (χ3v) is 8.38. The topological polar surface area (TPSA) is 67.4 Å². The van der Waals surface area contributed by atoms with Gasteiger partial charge in [0.15, 0.2) is 0 Å². The van der Waals surface area contributed by atoms with E-state index in [1.54, 1.807) is 37.4 Å². The van der Waals surface area contributed by atoms with E-state index >= 15 is 0 Å². The zero-order valence-electron chi connectivity index (χ0n) is 23.2. The number of hydrogen-bond donors (Lipinski definition) is 2. The van der Waals surface area contributed by atoms with Gasteiger partial charge in [-0.15, -0.1) is 0 Å². The standard InChI is InChI=1S/C34H32ClFN2O3/c1-4-34(5-2,24-9-7-6-8-10-24)38-32(39)23-13-17-28(35)26(20-23)22-14-18-29-27(19-22)30(33(40)37-3)31(41-29)21-11-15-25(36)16-12-21/h6-20,30-31H,4-5H2,1-3H3,(H,37,40)(H,38,39). The van der Waals surface area contributed by atoms with Crippen molar-refractivity contribution in [3.63, 3.8) is 0 Å². The van der Waals surface area contributed by atoms with E-state index in [-0.39, 0.29) is 17.6 Å². The van der Waals surface area contributed by atoms with Gasteiger partial charge in [0, 0.05) is 28.8 Å². The lowest BCUT2D eigenvalue weighted by Gasteiger charge is -2.33. The summed E-state index contributed by atoms with van der Waals surface area (Å²) in [5.41, 5.74) is 3.85. The summed E-state index contributed by atoms with van der Waals surface area (Å²) in [5.74, 6) is -0.850. The minimum Gasteiger partial charge on any atom is -0.484 e. The van der Waals surface area contributed by atoms with Gasteiger partial charge in [0.25, 0.3) is 5.91 Å². The summed E-state index contributed by atoms with van der Waals surface area (Å²) in [7, 11) is 1.58. The second kappa shape index (κ2) is 11.8. The minimum atomic E-state index is -0.647. The first-order valence-corrected chi connectivity index (χ1v) is 14.1. The summed E-state index contributed by atoms with van der Waals surface area (Å²) in [4.78, 5) is 26.6. The fourth-order valence-corrected chi connectivity index (χ4v) is 5.85. The van der Waals surface area contributed by atoms with E-state index in [0.717, 1.165) is 24.0 Å². The predicted octanol–water partition coefficient (Wildman–Crippen LogP) is 7.55. The van der Waals surface area contributed by atoms with Gasteiger partial charge in [-0.3, -0.25) is 9.59 Å². The number of benzene rings is 4. The highest BCUT2D eigenvalue weighted by Crippen LogP contribution is 2.48. The highest BCUT2D eigenvalue weighted by molar-refractivity contribution is 6.33. The maximum absolute atomic E-state index is 13.6. The number of amides is 2. The molecule has 0 saturated carbocycles. The Bertz CT molecular complexity index is 1570. The van der Waals surface area contributed by atoms with Gasteiger partial charge in [-0.05, 0) is 72.0 Å². The van der Waals surface area contributed by atoms with Crippen LogP contribution in [0.1, 0.15) is 65.8 Å². The monoisotopic (exact) mass is 570 g/mol. The number of carbonyl (C=O) groups is 2. The summed E-state index contributed by atoms with van der Waals surface area (Å²) >= 11 is 6.66. The third kappa shape index (κ3) is 5.44. The number of nitrogens with one attached hydrogen (secondary N) is 2. The van der Waals surface area contributed by atoms with E-state index in [1.807, 2.05) is 48.5 Å². The van der Waals surface area contributed by atoms with Gasteiger partial charge < -0.3 is 15.4 Å². The molecule has 4 aromatic rings. The van der Waals surface area contributed by atoms with Gasteiger partial charge >= 0.3 is 0 Å². The summed E-state index contributed by atoms with van der Waals surface area (Å²) in [6, 6.07) is 26.7. The molecule has 1 heterocycles. The maximum atomic E-state index is 13.6. The van der Waals surface area contributed by atoms with E-state index in [1.165, 1.54) is 12.1 Å². The number of rotatable bonds is 8. The second-order valence-corrected chi connectivity index (χ2v) is 10.6. The van der Waals surface area contributed by atoms with Crippen molar-refractivity contribution in [2.45, 2.75) is 44.2 Å². The zero-order valence-corrected chi connectivity index (χ0v) is 24.0. The number of halogens is 2. The SMILES string of the molecule is CCC(CC)(NC(=O)c1ccc(Cl)c(-c2ccc3c(c2)C(C(=O)NC)C(c2ccc(F)cc2)O3)c1)c1ccccc1. The molecule has 2 unspecified atom stereocenters. The quantitative estimate of drug-likeness (QED) is 0.230. The molecule has 4 aromatic carbocycles. The van der Waals surface area contributed by atoms with Gasteiger partial charge in [0.1, 0.15) is 23.6 Å². The first-order chi connectivity index (χ1) is 19.8. The Balaban J connectivity index is 1.49. The van der Waals surface area contributed by atoms with Gasteiger partial charge in [0.2, 0.25) is 5.91 Å². The van der Waals surface area contributed by atoms with E-state index < -0.39 is 17.6 Å². The molecule has 2 N–H and O–H groups in total. The van der Waals surface area contributed by atoms with Crippen molar-refractivity contribution >= 4 is 23.4 Å². The smallest absolute Gasteiger partial charge is 0.251 e. The molecule has 5 rings (SSSR count). The van der Waals surface area contributed by atoms with Crippen LogP contribution in [0, 0.1) is 5.82 Å². The van der Waals surface area contributed by atoms with Gasteiger partial charge in [0.05, 0.1) is 5.54 Å². The van der Waals surface area contributed by atoms with Gasteiger partial charge in [-0.2, -0.15) is 0 Å². The van der Waals surface area contributed by atoms with Crippen LogP contribution in [0.4, 0.5) is 4.39 Å². The molecule has 0 spiro atoms. The Labute approximate surface area is 244 Å². The maximum Gasteiger partial charge on any atom is 0.251 e. The Hall–Kier alpha value is -4.16.